The van der Waals surface area contributed by atoms with Gasteiger partial charge in [0.1, 0.15) is 0 Å². The molecule has 0 aromatic heterocycles. The molecule has 1 aromatic carbocycles. The zero-order valence-electron chi connectivity index (χ0n) is 9.61. The lowest BCUT2D eigenvalue weighted by molar-refractivity contribution is 0.652. The van der Waals surface area contributed by atoms with Gasteiger partial charge in [-0.25, -0.2) is 0 Å². The van der Waals surface area contributed by atoms with Gasteiger partial charge in [0.15, 0.2) is 0 Å². The van der Waals surface area contributed by atoms with Crippen molar-refractivity contribution in [1.29, 1.82) is 0 Å². The first-order chi connectivity index (χ1) is 7.93. The number of unbranched alkanes of at least 4 members (excludes halogenated alkanes) is 2. The molecular weight excluding hydrogens is 214 g/mol. The molecule has 1 rings (SSSR count). The minimum absolute atomic E-state index is 0.903. The first kappa shape index (κ1) is 13.2. The van der Waals surface area contributed by atoms with Gasteiger partial charge in [0.2, 0.25) is 0 Å². The highest BCUT2D eigenvalue weighted by Gasteiger charge is 1.92. The van der Waals surface area contributed by atoms with E-state index >= 15 is 0 Å². The highest BCUT2D eigenvalue weighted by molar-refractivity contribution is 7.99. The molecule has 1 N–H and O–H groups in total. The number of benzene rings is 1. The van der Waals surface area contributed by atoms with Gasteiger partial charge in [-0.1, -0.05) is 18.2 Å². The van der Waals surface area contributed by atoms with E-state index in [2.05, 4.69) is 35.5 Å². The molecular formula is C14H19NS. The van der Waals surface area contributed by atoms with Gasteiger partial charge >= 0.3 is 0 Å². The molecule has 86 valence electrons. The molecule has 0 amide bonds. The van der Waals surface area contributed by atoms with Crippen molar-refractivity contribution >= 4 is 11.8 Å². The van der Waals surface area contributed by atoms with Crippen LogP contribution in [0, 0.1) is 12.3 Å². The van der Waals surface area contributed by atoms with E-state index in [1.54, 1.807) is 0 Å². The van der Waals surface area contributed by atoms with Gasteiger partial charge in [0.05, 0.1) is 0 Å². The van der Waals surface area contributed by atoms with Crippen LogP contribution >= 0.6 is 11.8 Å². The van der Waals surface area contributed by atoms with Crippen molar-refractivity contribution in [3.05, 3.63) is 30.3 Å². The quantitative estimate of drug-likeness (QED) is 0.420. The Morgan fingerprint density at radius 3 is 2.69 bits per heavy atom. The normalized spacial score (nSPS) is 9.94. The standard InChI is InChI=1S/C14H19NS/c1-2-3-4-8-11-15-12-13-16-14-9-6-5-7-10-14/h1,5-7,9-10,15H,3-4,8,11-13H2. The van der Waals surface area contributed by atoms with E-state index in [0.717, 1.165) is 31.7 Å². The molecule has 0 saturated carbocycles. The van der Waals surface area contributed by atoms with Crippen molar-refractivity contribution in [2.45, 2.75) is 24.2 Å². The van der Waals surface area contributed by atoms with Crippen LogP contribution in [0.1, 0.15) is 19.3 Å². The third kappa shape index (κ3) is 6.55. The molecule has 0 aliphatic rings. The van der Waals surface area contributed by atoms with Crippen LogP contribution in [-0.2, 0) is 0 Å². The second-order valence-corrected chi connectivity index (χ2v) is 4.74. The minimum Gasteiger partial charge on any atom is -0.316 e. The second kappa shape index (κ2) is 9.33. The smallest absolute Gasteiger partial charge is 0.0106 e. The monoisotopic (exact) mass is 233 g/mol. The molecule has 0 bridgehead atoms. The molecule has 0 radical (unpaired) electrons. The van der Waals surface area contributed by atoms with Gasteiger partial charge in [-0.05, 0) is 31.5 Å². The van der Waals surface area contributed by atoms with Crippen molar-refractivity contribution in [3.63, 3.8) is 0 Å². The molecule has 1 nitrogen and oxygen atoms in total. The Hall–Kier alpha value is -0.910. The van der Waals surface area contributed by atoms with Crippen LogP contribution in [-0.4, -0.2) is 18.8 Å². The Kier molecular flexibility index (Phi) is 7.67. The summed E-state index contributed by atoms with van der Waals surface area (Å²) in [5.74, 6) is 3.78. The molecule has 0 fully saturated rings. The predicted molar refractivity (Wildman–Crippen MR) is 72.7 cm³/mol. The lowest BCUT2D eigenvalue weighted by atomic mass is 10.2. The molecule has 0 spiro atoms. The summed E-state index contributed by atoms with van der Waals surface area (Å²) in [6.07, 6.45) is 8.40. The zero-order valence-corrected chi connectivity index (χ0v) is 10.4. The van der Waals surface area contributed by atoms with Gasteiger partial charge in [-0.2, -0.15) is 0 Å². The van der Waals surface area contributed by atoms with Crippen LogP contribution in [0.4, 0.5) is 0 Å². The molecule has 16 heavy (non-hydrogen) atoms. The summed E-state index contributed by atoms with van der Waals surface area (Å²) in [6.45, 7) is 2.15. The van der Waals surface area contributed by atoms with Crippen LogP contribution in [0.25, 0.3) is 0 Å². The van der Waals surface area contributed by atoms with Crippen LogP contribution in [0.2, 0.25) is 0 Å². The van der Waals surface area contributed by atoms with E-state index in [9.17, 15) is 0 Å². The highest BCUT2D eigenvalue weighted by atomic mass is 32.2. The minimum atomic E-state index is 0.903. The topological polar surface area (TPSA) is 12.0 Å². The van der Waals surface area contributed by atoms with Crippen LogP contribution in [0.15, 0.2) is 35.2 Å². The summed E-state index contributed by atoms with van der Waals surface area (Å²) in [5.41, 5.74) is 0. The van der Waals surface area contributed by atoms with E-state index in [1.165, 1.54) is 11.3 Å². The lowest BCUT2D eigenvalue weighted by Crippen LogP contribution is -2.18. The van der Waals surface area contributed by atoms with Crippen LogP contribution in [0.5, 0.6) is 0 Å². The van der Waals surface area contributed by atoms with E-state index < -0.39 is 0 Å². The molecule has 0 heterocycles. The largest absolute Gasteiger partial charge is 0.316 e. The molecule has 0 aliphatic carbocycles. The van der Waals surface area contributed by atoms with E-state index in [1.807, 2.05) is 17.8 Å². The molecule has 2 heteroatoms. The summed E-state index contributed by atoms with van der Waals surface area (Å²) in [4.78, 5) is 1.34. The number of hydrogen-bond donors (Lipinski definition) is 1. The average molecular weight is 233 g/mol. The van der Waals surface area contributed by atoms with Crippen molar-refractivity contribution < 1.29 is 0 Å². The maximum atomic E-state index is 5.18. The Morgan fingerprint density at radius 1 is 1.12 bits per heavy atom. The summed E-state index contributed by atoms with van der Waals surface area (Å²) >= 11 is 1.89. The van der Waals surface area contributed by atoms with Crippen LogP contribution in [0.3, 0.4) is 0 Å². The Bertz CT molecular complexity index is 302. The first-order valence-electron chi connectivity index (χ1n) is 5.75. The fourth-order valence-electron chi connectivity index (χ4n) is 1.36. The van der Waals surface area contributed by atoms with Crippen LogP contribution < -0.4 is 5.32 Å². The van der Waals surface area contributed by atoms with Crippen molar-refractivity contribution in [3.8, 4) is 12.3 Å². The number of rotatable bonds is 8. The highest BCUT2D eigenvalue weighted by Crippen LogP contribution is 2.15. The Morgan fingerprint density at radius 2 is 1.94 bits per heavy atom. The van der Waals surface area contributed by atoms with E-state index in [0.29, 0.717) is 0 Å². The molecule has 1 aromatic rings. The first-order valence-corrected chi connectivity index (χ1v) is 6.74. The summed E-state index contributed by atoms with van der Waals surface area (Å²) in [6, 6.07) is 10.5. The maximum absolute atomic E-state index is 5.18. The number of hydrogen-bond acceptors (Lipinski definition) is 2. The van der Waals surface area contributed by atoms with Crippen molar-refractivity contribution in [2.24, 2.45) is 0 Å². The number of thioether (sulfide) groups is 1. The third-order valence-electron chi connectivity index (χ3n) is 2.22. The Labute approximate surface area is 103 Å². The number of nitrogens with one attached hydrogen (secondary N) is 1. The van der Waals surface area contributed by atoms with Gasteiger partial charge in [0, 0.05) is 23.6 Å². The fourth-order valence-corrected chi connectivity index (χ4v) is 2.19. The zero-order chi connectivity index (χ0) is 11.5. The van der Waals surface area contributed by atoms with Crippen molar-refractivity contribution in [1.82, 2.24) is 5.32 Å². The van der Waals surface area contributed by atoms with Crippen molar-refractivity contribution in [2.75, 3.05) is 18.8 Å². The van der Waals surface area contributed by atoms with E-state index in [-0.39, 0.29) is 0 Å². The third-order valence-corrected chi connectivity index (χ3v) is 3.23. The molecule has 0 aliphatic heterocycles. The summed E-state index contributed by atoms with van der Waals surface area (Å²) < 4.78 is 0. The Balaban J connectivity index is 1.91. The second-order valence-electron chi connectivity index (χ2n) is 3.57. The molecule has 0 atom stereocenters. The number of terminal acetylenes is 1. The molecule has 0 unspecified atom stereocenters. The van der Waals surface area contributed by atoms with Gasteiger partial charge < -0.3 is 5.32 Å². The predicted octanol–water partition coefficient (Wildman–Crippen LogP) is 3.17. The molecule has 0 saturated heterocycles. The fraction of sp³-hybridized carbons (Fsp3) is 0.429. The maximum Gasteiger partial charge on any atom is 0.0106 e. The van der Waals surface area contributed by atoms with Gasteiger partial charge in [0.25, 0.3) is 0 Å². The summed E-state index contributed by atoms with van der Waals surface area (Å²) in [7, 11) is 0. The van der Waals surface area contributed by atoms with E-state index in [4.69, 9.17) is 6.42 Å². The van der Waals surface area contributed by atoms with Gasteiger partial charge in [-0.3, -0.25) is 0 Å². The average Bonchev–Trinajstić information content (AvgIpc) is 2.34. The summed E-state index contributed by atoms with van der Waals surface area (Å²) in [5, 5.41) is 3.43. The lowest BCUT2D eigenvalue weighted by Gasteiger charge is -2.03. The SMILES string of the molecule is C#CCCCCNCCSc1ccccc1. The van der Waals surface area contributed by atoms with Gasteiger partial charge in [-0.15, -0.1) is 24.1 Å².